The van der Waals surface area contributed by atoms with Crippen LogP contribution in [-0.2, 0) is 29.3 Å². The fourth-order valence-electron chi connectivity index (χ4n) is 7.55. The Balaban J connectivity index is 1.45. The first-order valence-corrected chi connectivity index (χ1v) is 17.1. The van der Waals surface area contributed by atoms with Crippen molar-refractivity contribution in [3.8, 4) is 0 Å². The van der Waals surface area contributed by atoms with Crippen LogP contribution in [0.3, 0.4) is 0 Å². The molecule has 2 aliphatic heterocycles. The molecule has 0 bridgehead atoms. The lowest BCUT2D eigenvalue weighted by atomic mass is 9.85. The monoisotopic (exact) mass is 608 g/mol. The van der Waals surface area contributed by atoms with Crippen molar-refractivity contribution in [2.45, 2.75) is 122 Å². The summed E-state index contributed by atoms with van der Waals surface area (Å²) >= 11 is 0. The van der Waals surface area contributed by atoms with Crippen LogP contribution in [-0.4, -0.2) is 61.3 Å². The molecule has 3 unspecified atom stereocenters. The number of esters is 1. The van der Waals surface area contributed by atoms with Crippen molar-refractivity contribution in [2.75, 3.05) is 26.5 Å². The summed E-state index contributed by atoms with van der Waals surface area (Å²) in [4.78, 5) is 26.9. The van der Waals surface area contributed by atoms with E-state index in [9.17, 15) is 9.59 Å². The second-order valence-electron chi connectivity index (χ2n) is 12.7. The lowest BCUT2D eigenvalue weighted by Gasteiger charge is -2.51. The Bertz CT molecular complexity index is 1090. The van der Waals surface area contributed by atoms with Gasteiger partial charge in [0.25, 0.3) is 0 Å². The normalized spacial score (nSPS) is 21.2. The number of hydrogen-bond donors (Lipinski definition) is 0. The fourth-order valence-corrected chi connectivity index (χ4v) is 7.55. The second-order valence-corrected chi connectivity index (χ2v) is 12.7. The maximum Gasteiger partial charge on any atom is 0.510 e. The van der Waals surface area contributed by atoms with Crippen molar-refractivity contribution >= 4 is 12.1 Å². The summed E-state index contributed by atoms with van der Waals surface area (Å²) in [5.74, 6) is -0.489. The summed E-state index contributed by atoms with van der Waals surface area (Å²) < 4.78 is 24.6. The van der Waals surface area contributed by atoms with Gasteiger partial charge in [0.05, 0.1) is 31.8 Å². The van der Waals surface area contributed by atoms with Crippen molar-refractivity contribution in [2.24, 2.45) is 0 Å². The number of piperidine rings is 1. The van der Waals surface area contributed by atoms with E-state index in [-0.39, 0.29) is 6.10 Å². The number of ether oxygens (including phenoxy) is 4. The molecule has 3 atom stereocenters. The Kier molecular flexibility index (Phi) is 13.1. The van der Waals surface area contributed by atoms with Crippen LogP contribution < -0.4 is 0 Å². The first kappa shape index (κ1) is 34.0. The highest BCUT2D eigenvalue weighted by Gasteiger charge is 2.52. The smallest absolute Gasteiger partial charge is 0.459 e. The third-order valence-electron chi connectivity index (χ3n) is 9.96. The lowest BCUT2D eigenvalue weighted by molar-refractivity contribution is -0.967. The van der Waals surface area contributed by atoms with Crippen molar-refractivity contribution in [1.29, 1.82) is 0 Å². The minimum Gasteiger partial charge on any atom is -0.459 e. The Labute approximate surface area is 264 Å². The molecule has 2 aromatic carbocycles. The number of unbranched alkanes of at least 4 members (excludes halogenated alkanes) is 6. The van der Waals surface area contributed by atoms with E-state index in [1.807, 2.05) is 60.7 Å². The average Bonchev–Trinajstić information content (AvgIpc) is 3.54. The van der Waals surface area contributed by atoms with Crippen molar-refractivity contribution in [3.05, 3.63) is 71.8 Å². The molecule has 7 heteroatoms. The Morgan fingerprint density at radius 1 is 0.795 bits per heavy atom. The molecule has 0 aliphatic carbocycles. The van der Waals surface area contributed by atoms with Gasteiger partial charge in [-0.05, 0) is 30.9 Å². The number of nitrogens with zero attached hydrogens (tertiary/aromatic N) is 1. The summed E-state index contributed by atoms with van der Waals surface area (Å²) in [6.45, 7) is 9.06. The Morgan fingerprint density at radius 2 is 1.39 bits per heavy atom. The zero-order chi connectivity index (χ0) is 31.3. The summed E-state index contributed by atoms with van der Waals surface area (Å²) in [7, 11) is 0. The molecular weight excluding hydrogens is 554 g/mol. The van der Waals surface area contributed by atoms with E-state index in [2.05, 4.69) is 20.8 Å². The molecule has 0 aromatic heterocycles. The van der Waals surface area contributed by atoms with E-state index >= 15 is 0 Å². The Morgan fingerprint density at radius 3 is 1.98 bits per heavy atom. The summed E-state index contributed by atoms with van der Waals surface area (Å²) in [6.07, 6.45) is 12.2. The molecule has 2 fully saturated rings. The van der Waals surface area contributed by atoms with Crippen LogP contribution >= 0.6 is 0 Å². The van der Waals surface area contributed by atoms with Gasteiger partial charge in [-0.15, -0.1) is 0 Å². The molecule has 2 heterocycles. The topological polar surface area (TPSA) is 71.1 Å². The zero-order valence-electron chi connectivity index (χ0n) is 27.2. The van der Waals surface area contributed by atoms with Gasteiger partial charge in [0.15, 0.2) is 6.79 Å². The van der Waals surface area contributed by atoms with Gasteiger partial charge < -0.3 is 23.4 Å². The molecule has 2 aliphatic rings. The molecule has 1 spiro atoms. The number of rotatable bonds is 16. The first-order valence-electron chi connectivity index (χ1n) is 17.1. The third kappa shape index (κ3) is 8.22. The fraction of sp³-hybridized carbons (Fsp3) is 0.622. The summed E-state index contributed by atoms with van der Waals surface area (Å²) in [5, 5.41) is 0. The van der Waals surface area contributed by atoms with Gasteiger partial charge in [-0.25, -0.2) is 9.59 Å². The van der Waals surface area contributed by atoms with E-state index in [4.69, 9.17) is 18.9 Å². The standard InChI is InChI=1S/C37H54NO6/c1-4-6-7-8-9-10-19-26-41-36(40)42-29-43-37(31-20-13-11-14-21-31,32-22-15-12-16-23-32)35(39)44-34-27-30(3)38(24-17-18-25-38)33(5-2)28-34/h11-16,20-23,30,33-34H,4-10,17-19,24-29H2,1-3H3/q+1. The minimum absolute atomic E-state index is 0.213. The van der Waals surface area contributed by atoms with Gasteiger partial charge in [0.1, 0.15) is 6.10 Å². The number of carbonyl (C=O) groups is 2. The molecule has 4 rings (SSSR count). The molecule has 44 heavy (non-hydrogen) atoms. The number of hydrogen-bond acceptors (Lipinski definition) is 6. The van der Waals surface area contributed by atoms with Crippen molar-refractivity contribution < 1.29 is 33.0 Å². The van der Waals surface area contributed by atoms with Crippen LogP contribution in [0.4, 0.5) is 4.79 Å². The third-order valence-corrected chi connectivity index (χ3v) is 9.96. The van der Waals surface area contributed by atoms with E-state index in [0.717, 1.165) is 43.0 Å². The molecule has 0 saturated carbocycles. The van der Waals surface area contributed by atoms with Gasteiger partial charge in [-0.2, -0.15) is 0 Å². The minimum atomic E-state index is -1.61. The maximum absolute atomic E-state index is 14.4. The molecule has 0 N–H and O–H groups in total. The summed E-state index contributed by atoms with van der Waals surface area (Å²) in [5.41, 5.74) is -0.366. The first-order chi connectivity index (χ1) is 21.5. The average molecular weight is 609 g/mol. The predicted octanol–water partition coefficient (Wildman–Crippen LogP) is 8.29. The molecule has 7 nitrogen and oxygen atoms in total. The van der Waals surface area contributed by atoms with Gasteiger partial charge in [0.2, 0.25) is 5.60 Å². The second kappa shape index (κ2) is 17.0. The van der Waals surface area contributed by atoms with Gasteiger partial charge in [-0.1, -0.05) is 113 Å². The molecular formula is C37H54NO6+. The maximum atomic E-state index is 14.4. The molecule has 0 amide bonds. The van der Waals surface area contributed by atoms with Crippen LogP contribution in [0.2, 0.25) is 0 Å². The van der Waals surface area contributed by atoms with Gasteiger partial charge >= 0.3 is 12.1 Å². The van der Waals surface area contributed by atoms with E-state index in [0.29, 0.717) is 29.8 Å². The highest BCUT2D eigenvalue weighted by Crippen LogP contribution is 2.41. The van der Waals surface area contributed by atoms with Crippen LogP contribution in [0, 0.1) is 0 Å². The number of quaternary nitrogens is 1. The van der Waals surface area contributed by atoms with Crippen molar-refractivity contribution in [1.82, 2.24) is 0 Å². The Hall–Kier alpha value is -2.90. The van der Waals surface area contributed by atoms with E-state index < -0.39 is 24.5 Å². The van der Waals surface area contributed by atoms with Crippen molar-refractivity contribution in [3.63, 3.8) is 0 Å². The number of carbonyl (C=O) groups excluding carboxylic acids is 2. The molecule has 2 saturated heterocycles. The predicted molar refractivity (Wildman–Crippen MR) is 172 cm³/mol. The zero-order valence-corrected chi connectivity index (χ0v) is 27.2. The largest absolute Gasteiger partial charge is 0.510 e. The quantitative estimate of drug-likeness (QED) is 0.0826. The number of benzene rings is 2. The van der Waals surface area contributed by atoms with Crippen LogP contribution in [0.25, 0.3) is 0 Å². The highest BCUT2D eigenvalue weighted by atomic mass is 16.8. The van der Waals surface area contributed by atoms with E-state index in [1.165, 1.54) is 51.6 Å². The molecule has 0 radical (unpaired) electrons. The molecule has 242 valence electrons. The van der Waals surface area contributed by atoms with Crippen LogP contribution in [0.5, 0.6) is 0 Å². The van der Waals surface area contributed by atoms with E-state index in [1.54, 1.807) is 0 Å². The van der Waals surface area contributed by atoms with Gasteiger partial charge in [0, 0.05) is 25.7 Å². The SMILES string of the molecule is CCCCCCCCCOC(=O)OCOC(C(=O)OC1CC(C)[N+]2(CCCC2)C(CC)C1)(c1ccccc1)c1ccccc1. The summed E-state index contributed by atoms with van der Waals surface area (Å²) in [6, 6.07) is 19.6. The molecule has 2 aromatic rings. The highest BCUT2D eigenvalue weighted by molar-refractivity contribution is 5.86. The van der Waals surface area contributed by atoms with Crippen LogP contribution in [0.15, 0.2) is 60.7 Å². The lowest BCUT2D eigenvalue weighted by Crippen LogP contribution is -2.63. The van der Waals surface area contributed by atoms with Gasteiger partial charge in [-0.3, -0.25) is 0 Å². The van der Waals surface area contributed by atoms with Crippen LogP contribution in [0.1, 0.15) is 109 Å².